The minimum Gasteiger partial charge on any atom is -0.392 e. The van der Waals surface area contributed by atoms with Crippen LogP contribution in [0.25, 0.3) is 0 Å². The fourth-order valence-corrected chi connectivity index (χ4v) is 3.21. The third kappa shape index (κ3) is 2.08. The Balaban J connectivity index is 1.70. The van der Waals surface area contributed by atoms with E-state index in [0.29, 0.717) is 19.4 Å². The summed E-state index contributed by atoms with van der Waals surface area (Å²) in [6.07, 6.45) is 2.25. The topological polar surface area (TPSA) is 46.5 Å². The molecule has 4 rings (SSSR count). The first-order valence-electron chi connectivity index (χ1n) is 6.57. The lowest BCUT2D eigenvalue weighted by molar-refractivity contribution is -0.172. The molecule has 0 heterocycles. The third-order valence-electron chi connectivity index (χ3n) is 4.25. The van der Waals surface area contributed by atoms with Gasteiger partial charge in [0.1, 0.15) is 5.78 Å². The van der Waals surface area contributed by atoms with Gasteiger partial charge >= 0.3 is 0 Å². The lowest BCUT2D eigenvalue weighted by Crippen LogP contribution is -2.54. The Morgan fingerprint density at radius 2 is 2.11 bits per heavy atom. The van der Waals surface area contributed by atoms with Crippen LogP contribution in [0.5, 0.6) is 0 Å². The van der Waals surface area contributed by atoms with E-state index in [9.17, 15) is 9.90 Å². The Morgan fingerprint density at radius 3 is 2.78 bits per heavy atom. The van der Waals surface area contributed by atoms with Gasteiger partial charge in [-0.15, -0.1) is 0 Å². The van der Waals surface area contributed by atoms with Gasteiger partial charge in [0.15, 0.2) is 0 Å². The average Bonchev–Trinajstić information content (AvgIpc) is 2.38. The van der Waals surface area contributed by atoms with Gasteiger partial charge in [0.05, 0.1) is 18.3 Å². The summed E-state index contributed by atoms with van der Waals surface area (Å²) in [6.45, 7) is 0.519. The normalized spacial score (nSPS) is 34.8. The quantitative estimate of drug-likeness (QED) is 0.888. The first-order chi connectivity index (χ1) is 8.69. The van der Waals surface area contributed by atoms with E-state index in [2.05, 4.69) is 0 Å². The van der Waals surface area contributed by atoms with Gasteiger partial charge in [-0.2, -0.15) is 0 Å². The highest BCUT2D eigenvalue weighted by Crippen LogP contribution is 2.45. The van der Waals surface area contributed by atoms with E-state index in [0.717, 1.165) is 18.4 Å². The van der Waals surface area contributed by atoms with E-state index in [1.54, 1.807) is 0 Å². The largest absolute Gasteiger partial charge is 0.392 e. The molecule has 3 atom stereocenters. The van der Waals surface area contributed by atoms with Gasteiger partial charge in [0, 0.05) is 18.8 Å². The molecule has 1 aromatic rings. The number of hydrogen-bond acceptors (Lipinski definition) is 3. The molecule has 0 radical (unpaired) electrons. The first-order valence-corrected chi connectivity index (χ1v) is 6.57. The maximum absolute atomic E-state index is 11.8. The number of carbonyl (C=O) groups excluding carboxylic acids is 1. The SMILES string of the molecule is O=C1C[C@]2(OCc3ccccc3)CC[C@H]1[C@@H](O)C2. The Hall–Kier alpha value is -1.19. The van der Waals surface area contributed by atoms with E-state index in [-0.39, 0.29) is 11.7 Å². The monoisotopic (exact) mass is 246 g/mol. The fourth-order valence-electron chi connectivity index (χ4n) is 3.21. The molecule has 0 unspecified atom stereocenters. The zero-order valence-corrected chi connectivity index (χ0v) is 10.3. The van der Waals surface area contributed by atoms with Crippen LogP contribution in [0.15, 0.2) is 30.3 Å². The van der Waals surface area contributed by atoms with Crippen molar-refractivity contribution in [2.45, 2.75) is 44.0 Å². The predicted molar refractivity (Wildman–Crippen MR) is 66.9 cm³/mol. The summed E-state index contributed by atoms with van der Waals surface area (Å²) < 4.78 is 6.00. The predicted octanol–water partition coefficient (Wildman–Crippen LogP) is 2.08. The molecule has 3 aliphatic carbocycles. The summed E-state index contributed by atoms with van der Waals surface area (Å²) in [7, 11) is 0. The zero-order valence-electron chi connectivity index (χ0n) is 10.3. The van der Waals surface area contributed by atoms with Crippen molar-refractivity contribution in [2.24, 2.45) is 5.92 Å². The minimum atomic E-state index is -0.504. The van der Waals surface area contributed by atoms with Crippen molar-refractivity contribution in [3.05, 3.63) is 35.9 Å². The van der Waals surface area contributed by atoms with Gasteiger partial charge in [-0.3, -0.25) is 4.79 Å². The second-order valence-electron chi connectivity index (χ2n) is 5.52. The molecular weight excluding hydrogens is 228 g/mol. The van der Waals surface area contributed by atoms with Crippen molar-refractivity contribution in [3.8, 4) is 0 Å². The number of ether oxygens (including phenoxy) is 1. The van der Waals surface area contributed by atoms with Gasteiger partial charge in [-0.25, -0.2) is 0 Å². The molecule has 3 heteroatoms. The van der Waals surface area contributed by atoms with Crippen LogP contribution < -0.4 is 0 Å². The van der Waals surface area contributed by atoms with Crippen molar-refractivity contribution < 1.29 is 14.6 Å². The molecule has 0 saturated heterocycles. The summed E-state index contributed by atoms with van der Waals surface area (Å²) in [4.78, 5) is 11.8. The molecule has 2 bridgehead atoms. The minimum absolute atomic E-state index is 0.132. The highest BCUT2D eigenvalue weighted by atomic mass is 16.5. The summed E-state index contributed by atoms with van der Waals surface area (Å²) in [5, 5.41) is 9.93. The van der Waals surface area contributed by atoms with Crippen LogP contribution in [-0.2, 0) is 16.1 Å². The number of ketones is 1. The van der Waals surface area contributed by atoms with Crippen LogP contribution >= 0.6 is 0 Å². The summed E-state index contributed by atoms with van der Waals surface area (Å²) in [6, 6.07) is 9.97. The van der Waals surface area contributed by atoms with Crippen LogP contribution in [0.1, 0.15) is 31.2 Å². The van der Waals surface area contributed by atoms with Gasteiger partial charge in [0.25, 0.3) is 0 Å². The second kappa shape index (κ2) is 4.48. The summed E-state index contributed by atoms with van der Waals surface area (Å²) in [5.41, 5.74) is 0.697. The Bertz CT molecular complexity index is 442. The molecule has 3 nitrogen and oxygen atoms in total. The van der Waals surface area contributed by atoms with Crippen molar-refractivity contribution >= 4 is 5.78 Å². The second-order valence-corrected chi connectivity index (χ2v) is 5.52. The summed E-state index contributed by atoms with van der Waals surface area (Å²) in [5.74, 6) is 0.0419. The molecule has 0 spiro atoms. The fraction of sp³-hybridized carbons (Fsp3) is 0.533. The number of carbonyl (C=O) groups is 1. The number of rotatable bonds is 3. The highest BCUT2D eigenvalue weighted by Gasteiger charge is 2.50. The van der Waals surface area contributed by atoms with Crippen molar-refractivity contribution in [1.82, 2.24) is 0 Å². The van der Waals surface area contributed by atoms with E-state index in [4.69, 9.17) is 4.74 Å². The van der Waals surface area contributed by atoms with Crippen molar-refractivity contribution in [1.29, 1.82) is 0 Å². The van der Waals surface area contributed by atoms with E-state index < -0.39 is 11.7 Å². The number of fused-ring (bicyclic) bond motifs is 3. The van der Waals surface area contributed by atoms with Gasteiger partial charge in [-0.05, 0) is 18.4 Å². The first kappa shape index (κ1) is 11.9. The molecule has 3 fully saturated rings. The molecule has 96 valence electrons. The van der Waals surface area contributed by atoms with Crippen molar-refractivity contribution in [3.63, 3.8) is 0 Å². The smallest absolute Gasteiger partial charge is 0.141 e. The van der Waals surface area contributed by atoms with E-state index in [1.165, 1.54) is 0 Å². The van der Waals surface area contributed by atoms with Gasteiger partial charge < -0.3 is 9.84 Å². The van der Waals surface area contributed by atoms with Crippen LogP contribution in [0.4, 0.5) is 0 Å². The van der Waals surface area contributed by atoms with Crippen LogP contribution in [0, 0.1) is 5.92 Å². The Kier molecular flexibility index (Phi) is 2.96. The van der Waals surface area contributed by atoms with Crippen LogP contribution in [-0.4, -0.2) is 22.6 Å². The number of aliphatic hydroxyl groups excluding tert-OH is 1. The number of benzene rings is 1. The van der Waals surface area contributed by atoms with Crippen molar-refractivity contribution in [2.75, 3.05) is 0 Å². The zero-order chi connectivity index (χ0) is 12.6. The van der Waals surface area contributed by atoms with Gasteiger partial charge in [0.2, 0.25) is 0 Å². The third-order valence-corrected chi connectivity index (χ3v) is 4.25. The van der Waals surface area contributed by atoms with E-state index >= 15 is 0 Å². The average molecular weight is 246 g/mol. The Labute approximate surface area is 107 Å². The molecular formula is C15H18O3. The maximum Gasteiger partial charge on any atom is 0.141 e. The molecule has 1 N–H and O–H groups in total. The lowest BCUT2D eigenvalue weighted by Gasteiger charge is -2.47. The number of hydrogen-bond donors (Lipinski definition) is 1. The molecule has 0 amide bonds. The molecule has 0 aromatic heterocycles. The number of aliphatic hydroxyl groups is 1. The number of Topliss-reactive ketones (excluding diaryl/α,β-unsaturated/α-hetero) is 1. The molecule has 0 aliphatic heterocycles. The maximum atomic E-state index is 11.8. The Morgan fingerprint density at radius 1 is 1.33 bits per heavy atom. The molecule has 3 aliphatic rings. The highest BCUT2D eigenvalue weighted by molar-refractivity contribution is 5.84. The molecule has 3 saturated carbocycles. The van der Waals surface area contributed by atoms with E-state index in [1.807, 2.05) is 30.3 Å². The lowest BCUT2D eigenvalue weighted by atomic mass is 9.65. The standard InChI is InChI=1S/C15H18O3/c16-13-8-15(7-6-12(13)14(17)9-15)18-10-11-4-2-1-3-5-11/h1-5,12-13,16H,6-10H2/t12-,13-,15-/m0/s1. The molecule has 18 heavy (non-hydrogen) atoms. The molecule has 1 aromatic carbocycles. The van der Waals surface area contributed by atoms with Crippen LogP contribution in [0.2, 0.25) is 0 Å². The van der Waals surface area contributed by atoms with Gasteiger partial charge in [-0.1, -0.05) is 30.3 Å². The summed E-state index contributed by atoms with van der Waals surface area (Å²) >= 11 is 0. The van der Waals surface area contributed by atoms with Crippen LogP contribution in [0.3, 0.4) is 0 Å².